The number of hydrogen-bond acceptors (Lipinski definition) is 4. The number of amides is 1. The summed E-state index contributed by atoms with van der Waals surface area (Å²) >= 11 is 7.65. The standard InChI is InChI=1S/C24H31ClN2O3S2/c25-23-12-10-21(11-13-23)19-31-16-14-26-24(28)22-9-4-15-27(18-22)32(29,30)17-5-8-20-6-2-1-3-7-20/h1-3,6-7,10-13,22H,4-5,8-9,14-19H2,(H,26,28). The topological polar surface area (TPSA) is 66.5 Å². The fourth-order valence-corrected chi connectivity index (χ4v) is 6.33. The van der Waals surface area contributed by atoms with Crippen molar-refractivity contribution in [3.8, 4) is 0 Å². The summed E-state index contributed by atoms with van der Waals surface area (Å²) in [4.78, 5) is 12.6. The van der Waals surface area contributed by atoms with Crippen molar-refractivity contribution in [2.45, 2.75) is 31.4 Å². The van der Waals surface area contributed by atoms with Crippen molar-refractivity contribution in [1.29, 1.82) is 0 Å². The molecular weight excluding hydrogens is 464 g/mol. The first kappa shape index (κ1) is 25.1. The van der Waals surface area contributed by atoms with E-state index < -0.39 is 10.0 Å². The maximum Gasteiger partial charge on any atom is 0.224 e. The number of hydrogen-bond donors (Lipinski definition) is 1. The van der Waals surface area contributed by atoms with Gasteiger partial charge >= 0.3 is 0 Å². The minimum Gasteiger partial charge on any atom is -0.355 e. The van der Waals surface area contributed by atoms with Gasteiger partial charge in [0.15, 0.2) is 0 Å². The highest BCUT2D eigenvalue weighted by Crippen LogP contribution is 2.21. The van der Waals surface area contributed by atoms with Crippen LogP contribution in [-0.4, -0.2) is 49.8 Å². The highest BCUT2D eigenvalue weighted by molar-refractivity contribution is 7.98. The lowest BCUT2D eigenvalue weighted by molar-refractivity contribution is -0.125. The molecule has 0 aromatic heterocycles. The highest BCUT2D eigenvalue weighted by Gasteiger charge is 2.31. The van der Waals surface area contributed by atoms with Crippen molar-refractivity contribution in [3.05, 3.63) is 70.7 Å². The predicted octanol–water partition coefficient (Wildman–Crippen LogP) is 4.36. The lowest BCUT2D eigenvalue weighted by atomic mass is 9.99. The lowest BCUT2D eigenvalue weighted by Crippen LogP contribution is -2.46. The van der Waals surface area contributed by atoms with Crippen LogP contribution in [0, 0.1) is 5.92 Å². The molecule has 1 unspecified atom stereocenters. The Morgan fingerprint density at radius 3 is 2.59 bits per heavy atom. The van der Waals surface area contributed by atoms with Crippen molar-refractivity contribution in [3.63, 3.8) is 0 Å². The predicted molar refractivity (Wildman–Crippen MR) is 133 cm³/mol. The Bertz CT molecular complexity index is 953. The summed E-state index contributed by atoms with van der Waals surface area (Å²) in [6.45, 7) is 1.38. The molecule has 2 aromatic rings. The molecule has 0 bridgehead atoms. The summed E-state index contributed by atoms with van der Waals surface area (Å²) in [5.74, 6) is 1.49. The molecule has 1 amide bonds. The van der Waals surface area contributed by atoms with Crippen LogP contribution in [0.4, 0.5) is 0 Å². The van der Waals surface area contributed by atoms with E-state index in [4.69, 9.17) is 11.6 Å². The number of halogens is 1. The van der Waals surface area contributed by atoms with Crippen LogP contribution in [0.15, 0.2) is 54.6 Å². The molecule has 1 aliphatic heterocycles. The summed E-state index contributed by atoms with van der Waals surface area (Å²) in [5.41, 5.74) is 2.35. The zero-order chi connectivity index (χ0) is 22.8. The third-order valence-corrected chi connectivity index (χ3v) is 8.79. The van der Waals surface area contributed by atoms with E-state index in [0.29, 0.717) is 19.5 Å². The summed E-state index contributed by atoms with van der Waals surface area (Å²) in [6, 6.07) is 17.7. The largest absolute Gasteiger partial charge is 0.355 e. The molecule has 8 heteroatoms. The maximum atomic E-state index is 12.8. The van der Waals surface area contributed by atoms with Gasteiger partial charge in [-0.3, -0.25) is 4.79 Å². The Kier molecular flexibility index (Phi) is 9.91. The molecule has 0 aliphatic carbocycles. The second-order valence-electron chi connectivity index (χ2n) is 8.07. The van der Waals surface area contributed by atoms with Gasteiger partial charge in [-0.2, -0.15) is 11.8 Å². The van der Waals surface area contributed by atoms with E-state index in [9.17, 15) is 13.2 Å². The van der Waals surface area contributed by atoms with E-state index >= 15 is 0 Å². The fraction of sp³-hybridized carbons (Fsp3) is 0.458. The second kappa shape index (κ2) is 12.6. The maximum absolute atomic E-state index is 12.8. The van der Waals surface area contributed by atoms with Crippen molar-refractivity contribution in [2.75, 3.05) is 31.1 Å². The van der Waals surface area contributed by atoms with Crippen LogP contribution >= 0.6 is 23.4 Å². The minimum absolute atomic E-state index is 0.0405. The van der Waals surface area contributed by atoms with Gasteiger partial charge < -0.3 is 5.32 Å². The van der Waals surface area contributed by atoms with Crippen LogP contribution in [0.25, 0.3) is 0 Å². The quantitative estimate of drug-likeness (QED) is 0.471. The highest BCUT2D eigenvalue weighted by atomic mass is 35.5. The number of piperidine rings is 1. The number of sulfonamides is 1. The first-order valence-corrected chi connectivity index (χ1v) is 14.2. The third kappa shape index (κ3) is 8.10. The Balaban J connectivity index is 1.37. The molecule has 1 aliphatic rings. The zero-order valence-corrected chi connectivity index (χ0v) is 20.6. The molecule has 1 fully saturated rings. The van der Waals surface area contributed by atoms with E-state index in [-0.39, 0.29) is 24.1 Å². The Morgan fingerprint density at radius 2 is 1.84 bits per heavy atom. The average Bonchev–Trinajstić information content (AvgIpc) is 2.80. The molecule has 0 spiro atoms. The molecular formula is C24H31ClN2O3S2. The van der Waals surface area contributed by atoms with E-state index in [1.165, 1.54) is 9.87 Å². The van der Waals surface area contributed by atoms with E-state index in [0.717, 1.165) is 41.4 Å². The van der Waals surface area contributed by atoms with E-state index in [2.05, 4.69) is 5.32 Å². The molecule has 32 heavy (non-hydrogen) atoms. The fourth-order valence-electron chi connectivity index (χ4n) is 3.80. The lowest BCUT2D eigenvalue weighted by Gasteiger charge is -2.31. The van der Waals surface area contributed by atoms with Gasteiger partial charge in [0.25, 0.3) is 0 Å². The Morgan fingerprint density at radius 1 is 1.09 bits per heavy atom. The van der Waals surface area contributed by atoms with Crippen LogP contribution in [0.1, 0.15) is 30.4 Å². The smallest absolute Gasteiger partial charge is 0.224 e. The third-order valence-electron chi connectivity index (χ3n) is 5.59. The molecule has 0 saturated carbocycles. The van der Waals surface area contributed by atoms with Crippen LogP contribution in [0.5, 0.6) is 0 Å². The van der Waals surface area contributed by atoms with Gasteiger partial charge in [-0.05, 0) is 48.9 Å². The van der Waals surface area contributed by atoms with Gasteiger partial charge in [0, 0.05) is 36.2 Å². The van der Waals surface area contributed by atoms with Gasteiger partial charge in [-0.25, -0.2) is 12.7 Å². The first-order chi connectivity index (χ1) is 15.4. The summed E-state index contributed by atoms with van der Waals surface area (Å²) in [5, 5.41) is 3.71. The van der Waals surface area contributed by atoms with Gasteiger partial charge in [-0.1, -0.05) is 54.1 Å². The number of carbonyl (C=O) groups excluding carboxylic acids is 1. The number of nitrogens with one attached hydrogen (secondary N) is 1. The zero-order valence-electron chi connectivity index (χ0n) is 18.2. The molecule has 3 rings (SSSR count). The van der Waals surface area contributed by atoms with Crippen molar-refractivity contribution in [1.82, 2.24) is 9.62 Å². The summed E-state index contributed by atoms with van der Waals surface area (Å²) in [7, 11) is -3.34. The monoisotopic (exact) mass is 494 g/mol. The molecule has 1 atom stereocenters. The van der Waals surface area contributed by atoms with Crippen molar-refractivity contribution >= 4 is 39.3 Å². The Hall–Kier alpha value is -1.54. The SMILES string of the molecule is O=C(NCCSCc1ccc(Cl)cc1)C1CCCN(S(=O)(=O)CCCc2ccccc2)C1. The number of thioether (sulfide) groups is 1. The second-order valence-corrected chi connectivity index (χ2v) is 11.7. The number of carbonyl (C=O) groups is 1. The summed E-state index contributed by atoms with van der Waals surface area (Å²) < 4.78 is 27.1. The number of aryl methyl sites for hydroxylation is 1. The van der Waals surface area contributed by atoms with Crippen molar-refractivity contribution in [2.24, 2.45) is 5.92 Å². The van der Waals surface area contributed by atoms with Crippen LogP contribution < -0.4 is 5.32 Å². The molecule has 1 heterocycles. The normalized spacial score (nSPS) is 17.2. The number of nitrogens with zero attached hydrogens (tertiary/aromatic N) is 1. The van der Waals surface area contributed by atoms with Crippen molar-refractivity contribution < 1.29 is 13.2 Å². The Labute approximate surface area is 201 Å². The number of benzene rings is 2. The molecule has 5 nitrogen and oxygen atoms in total. The molecule has 1 saturated heterocycles. The molecule has 1 N–H and O–H groups in total. The molecule has 174 valence electrons. The van der Waals surface area contributed by atoms with Gasteiger partial charge in [0.05, 0.1) is 11.7 Å². The number of rotatable bonds is 11. The van der Waals surface area contributed by atoms with E-state index in [1.54, 1.807) is 11.8 Å². The minimum atomic E-state index is -3.34. The molecule has 0 radical (unpaired) electrons. The van der Waals surface area contributed by atoms with Gasteiger partial charge in [0.2, 0.25) is 15.9 Å². The summed E-state index contributed by atoms with van der Waals surface area (Å²) in [6.07, 6.45) is 2.79. The van der Waals surface area contributed by atoms with Crippen LogP contribution in [0.2, 0.25) is 5.02 Å². The molecule has 2 aromatic carbocycles. The first-order valence-electron chi connectivity index (χ1n) is 11.1. The van der Waals surface area contributed by atoms with E-state index in [1.807, 2.05) is 54.6 Å². The average molecular weight is 495 g/mol. The van der Waals surface area contributed by atoms with Crippen LogP contribution in [-0.2, 0) is 27.0 Å². The van der Waals surface area contributed by atoms with Gasteiger partial charge in [-0.15, -0.1) is 0 Å². The van der Waals surface area contributed by atoms with Crippen LogP contribution in [0.3, 0.4) is 0 Å². The van der Waals surface area contributed by atoms with Gasteiger partial charge in [0.1, 0.15) is 0 Å².